The second kappa shape index (κ2) is 5.80. The van der Waals surface area contributed by atoms with Gasteiger partial charge in [0.2, 0.25) is 0 Å². The molecule has 1 aromatic rings. The van der Waals surface area contributed by atoms with E-state index in [9.17, 15) is 4.79 Å². The molecule has 0 spiro atoms. The molecular weight excluding hydrogens is 198 g/mol. The van der Waals surface area contributed by atoms with E-state index in [1.807, 2.05) is 38.2 Å². The molecule has 2 nitrogen and oxygen atoms in total. The molecule has 1 N–H and O–H groups in total. The summed E-state index contributed by atoms with van der Waals surface area (Å²) in [4.78, 5) is 12.0. The minimum absolute atomic E-state index is 0.0369. The highest BCUT2D eigenvalue weighted by atomic mass is 16.1. The van der Waals surface area contributed by atoms with E-state index < -0.39 is 0 Å². The molecule has 0 aromatic heterocycles. The number of hydrogen-bond donors (Lipinski definition) is 1. The summed E-state index contributed by atoms with van der Waals surface area (Å²) in [6.07, 6.45) is 0. The second-order valence-corrected chi connectivity index (χ2v) is 4.60. The van der Waals surface area contributed by atoms with Crippen molar-refractivity contribution in [1.82, 2.24) is 5.32 Å². The number of ketones is 1. The first-order valence-electron chi connectivity index (χ1n) is 5.85. The zero-order chi connectivity index (χ0) is 12.1. The zero-order valence-electron chi connectivity index (χ0n) is 10.6. The van der Waals surface area contributed by atoms with Gasteiger partial charge in [0.05, 0.1) is 0 Å². The summed E-state index contributed by atoms with van der Waals surface area (Å²) < 4.78 is 0. The molecule has 0 fully saturated rings. The van der Waals surface area contributed by atoms with E-state index in [0.717, 1.165) is 12.1 Å². The summed E-state index contributed by atoms with van der Waals surface area (Å²) in [7, 11) is 1.87. The lowest BCUT2D eigenvalue weighted by Crippen LogP contribution is -2.23. The van der Waals surface area contributed by atoms with Crippen LogP contribution in [0.1, 0.15) is 42.6 Å². The Labute approximate surface area is 98.1 Å². The van der Waals surface area contributed by atoms with Crippen molar-refractivity contribution in [2.75, 3.05) is 13.6 Å². The molecule has 1 aromatic carbocycles. The maximum absolute atomic E-state index is 12.0. The Kier molecular flexibility index (Phi) is 4.69. The largest absolute Gasteiger partial charge is 0.319 e. The van der Waals surface area contributed by atoms with Crippen LogP contribution in [-0.4, -0.2) is 19.4 Å². The van der Waals surface area contributed by atoms with Crippen molar-refractivity contribution in [2.24, 2.45) is 5.92 Å². The average Bonchev–Trinajstić information content (AvgIpc) is 2.28. The van der Waals surface area contributed by atoms with Crippen molar-refractivity contribution in [3.8, 4) is 0 Å². The van der Waals surface area contributed by atoms with E-state index in [1.54, 1.807) is 0 Å². The zero-order valence-corrected chi connectivity index (χ0v) is 10.6. The number of Topliss-reactive ketones (excluding diaryl/α,β-unsaturated/α-hetero) is 1. The third kappa shape index (κ3) is 3.17. The predicted molar refractivity (Wildman–Crippen MR) is 68.0 cm³/mol. The number of carbonyl (C=O) groups excluding carboxylic acids is 1. The minimum atomic E-state index is 0.0369. The molecule has 0 radical (unpaired) electrons. The van der Waals surface area contributed by atoms with Gasteiger partial charge in [0.15, 0.2) is 5.78 Å². The summed E-state index contributed by atoms with van der Waals surface area (Å²) in [6, 6.07) is 7.96. The first-order valence-corrected chi connectivity index (χ1v) is 5.85. The Morgan fingerprint density at radius 1 is 1.19 bits per heavy atom. The van der Waals surface area contributed by atoms with Crippen LogP contribution in [0.15, 0.2) is 24.3 Å². The highest BCUT2D eigenvalue weighted by molar-refractivity contribution is 5.97. The Morgan fingerprint density at radius 3 is 2.19 bits per heavy atom. The van der Waals surface area contributed by atoms with Crippen LogP contribution in [0.2, 0.25) is 0 Å². The lowest BCUT2D eigenvalue weighted by molar-refractivity contribution is 0.0930. The number of nitrogens with one attached hydrogen (secondary N) is 1. The van der Waals surface area contributed by atoms with Crippen molar-refractivity contribution in [1.29, 1.82) is 0 Å². The van der Waals surface area contributed by atoms with Crippen molar-refractivity contribution in [2.45, 2.75) is 26.7 Å². The average molecular weight is 219 g/mol. The van der Waals surface area contributed by atoms with Crippen LogP contribution in [0, 0.1) is 5.92 Å². The van der Waals surface area contributed by atoms with Gasteiger partial charge in [-0.25, -0.2) is 0 Å². The monoisotopic (exact) mass is 219 g/mol. The van der Waals surface area contributed by atoms with Crippen molar-refractivity contribution < 1.29 is 4.79 Å². The molecule has 0 aliphatic carbocycles. The molecule has 1 atom stereocenters. The summed E-state index contributed by atoms with van der Waals surface area (Å²) in [5.74, 6) is 0.762. The Bertz CT molecular complexity index is 340. The lowest BCUT2D eigenvalue weighted by atomic mass is 9.96. The van der Waals surface area contributed by atoms with Crippen LogP contribution in [0.4, 0.5) is 0 Å². The van der Waals surface area contributed by atoms with E-state index in [2.05, 4.69) is 19.2 Å². The topological polar surface area (TPSA) is 29.1 Å². The van der Waals surface area contributed by atoms with Crippen LogP contribution < -0.4 is 5.32 Å². The Balaban J connectivity index is 2.77. The molecule has 0 saturated heterocycles. The van der Waals surface area contributed by atoms with E-state index >= 15 is 0 Å². The minimum Gasteiger partial charge on any atom is -0.319 e. The fraction of sp³-hybridized carbons (Fsp3) is 0.500. The fourth-order valence-electron chi connectivity index (χ4n) is 1.72. The van der Waals surface area contributed by atoms with E-state index in [1.165, 1.54) is 5.56 Å². The van der Waals surface area contributed by atoms with E-state index in [-0.39, 0.29) is 11.7 Å². The summed E-state index contributed by atoms with van der Waals surface area (Å²) >= 11 is 0. The number of rotatable bonds is 5. The molecule has 16 heavy (non-hydrogen) atoms. The molecule has 0 amide bonds. The SMILES string of the molecule is CNCC(C)C(=O)c1ccc(C(C)C)cc1. The highest BCUT2D eigenvalue weighted by Gasteiger charge is 2.14. The van der Waals surface area contributed by atoms with Gasteiger partial charge in [-0.1, -0.05) is 45.0 Å². The predicted octanol–water partition coefficient (Wildman–Crippen LogP) is 2.85. The van der Waals surface area contributed by atoms with E-state index in [0.29, 0.717) is 5.92 Å². The molecule has 1 unspecified atom stereocenters. The summed E-state index contributed by atoms with van der Waals surface area (Å²) in [5, 5.41) is 3.03. The molecule has 1 rings (SSSR count). The third-order valence-electron chi connectivity index (χ3n) is 2.82. The van der Waals surface area contributed by atoms with Crippen LogP contribution in [0.5, 0.6) is 0 Å². The van der Waals surface area contributed by atoms with Gasteiger partial charge in [-0.2, -0.15) is 0 Å². The fourth-order valence-corrected chi connectivity index (χ4v) is 1.72. The van der Waals surface area contributed by atoms with Crippen LogP contribution in [0.3, 0.4) is 0 Å². The quantitative estimate of drug-likeness (QED) is 0.771. The van der Waals surface area contributed by atoms with Crippen LogP contribution >= 0.6 is 0 Å². The van der Waals surface area contributed by atoms with Crippen molar-refractivity contribution in [3.63, 3.8) is 0 Å². The Hall–Kier alpha value is -1.15. The van der Waals surface area contributed by atoms with Crippen LogP contribution in [-0.2, 0) is 0 Å². The maximum Gasteiger partial charge on any atom is 0.166 e. The number of carbonyl (C=O) groups is 1. The van der Waals surface area contributed by atoms with Crippen molar-refractivity contribution >= 4 is 5.78 Å². The molecule has 2 heteroatoms. The second-order valence-electron chi connectivity index (χ2n) is 4.60. The summed E-state index contributed by atoms with van der Waals surface area (Å²) in [6.45, 7) is 6.99. The number of benzene rings is 1. The third-order valence-corrected chi connectivity index (χ3v) is 2.82. The first-order chi connectivity index (χ1) is 7.56. The lowest BCUT2D eigenvalue weighted by Gasteiger charge is -2.11. The van der Waals surface area contributed by atoms with Gasteiger partial charge >= 0.3 is 0 Å². The first kappa shape index (κ1) is 12.9. The van der Waals surface area contributed by atoms with Gasteiger partial charge in [-0.15, -0.1) is 0 Å². The van der Waals surface area contributed by atoms with Crippen molar-refractivity contribution in [3.05, 3.63) is 35.4 Å². The molecule has 0 heterocycles. The Morgan fingerprint density at radius 2 is 1.75 bits per heavy atom. The number of hydrogen-bond acceptors (Lipinski definition) is 2. The van der Waals surface area contributed by atoms with Gasteiger partial charge in [0.25, 0.3) is 0 Å². The van der Waals surface area contributed by atoms with E-state index in [4.69, 9.17) is 0 Å². The van der Waals surface area contributed by atoms with Gasteiger partial charge in [0.1, 0.15) is 0 Å². The van der Waals surface area contributed by atoms with Gasteiger partial charge in [-0.05, 0) is 18.5 Å². The standard InChI is InChI=1S/C14H21NO/c1-10(2)12-5-7-13(8-6-12)14(16)11(3)9-15-4/h5-8,10-11,15H,9H2,1-4H3. The molecule has 0 saturated carbocycles. The maximum atomic E-state index is 12.0. The smallest absolute Gasteiger partial charge is 0.166 e. The molecule has 0 bridgehead atoms. The molecule has 0 aliphatic rings. The normalized spacial score (nSPS) is 12.8. The van der Waals surface area contributed by atoms with Gasteiger partial charge < -0.3 is 5.32 Å². The van der Waals surface area contributed by atoms with Gasteiger partial charge in [-0.3, -0.25) is 4.79 Å². The molecular formula is C14H21NO. The van der Waals surface area contributed by atoms with Gasteiger partial charge in [0, 0.05) is 18.0 Å². The molecule has 88 valence electrons. The highest BCUT2D eigenvalue weighted by Crippen LogP contribution is 2.16. The molecule has 0 aliphatic heterocycles. The summed E-state index contributed by atoms with van der Waals surface area (Å²) in [5.41, 5.74) is 2.09. The van der Waals surface area contributed by atoms with Crippen LogP contribution in [0.25, 0.3) is 0 Å².